The van der Waals surface area contributed by atoms with Gasteiger partial charge in [0.25, 0.3) is 5.91 Å². The molecule has 0 saturated carbocycles. The molecule has 1 amide bonds. The molecule has 0 aliphatic heterocycles. The van der Waals surface area contributed by atoms with E-state index in [1.807, 2.05) is 42.5 Å². The summed E-state index contributed by atoms with van der Waals surface area (Å²) in [5.41, 5.74) is 7.28. The van der Waals surface area contributed by atoms with Gasteiger partial charge in [0, 0.05) is 10.6 Å². The number of hydrazine groups is 1. The largest absolute Gasteiger partial charge is 0.451 e. The van der Waals surface area contributed by atoms with Gasteiger partial charge >= 0.3 is 0 Å². The lowest BCUT2D eigenvalue weighted by Crippen LogP contribution is -2.41. The molecule has 0 aliphatic carbocycles. The highest BCUT2D eigenvalue weighted by Crippen LogP contribution is 2.23. The minimum atomic E-state index is -0.437. The van der Waals surface area contributed by atoms with Crippen molar-refractivity contribution >= 4 is 40.5 Å². The fourth-order valence-electron chi connectivity index (χ4n) is 2.08. The van der Waals surface area contributed by atoms with Crippen LogP contribution in [0.1, 0.15) is 10.6 Å². The number of hydrogen-bond acceptors (Lipinski definition) is 4. The molecule has 0 atom stereocenters. The molecular formula is C18H14ClN3O2S. The van der Waals surface area contributed by atoms with Crippen LogP contribution in [0.4, 0.5) is 5.69 Å². The van der Waals surface area contributed by atoms with Crippen molar-refractivity contribution in [1.29, 1.82) is 0 Å². The van der Waals surface area contributed by atoms with Crippen LogP contribution in [0.5, 0.6) is 0 Å². The highest BCUT2D eigenvalue weighted by atomic mass is 35.5. The fourth-order valence-corrected chi connectivity index (χ4v) is 2.35. The van der Waals surface area contributed by atoms with E-state index in [1.165, 1.54) is 0 Å². The molecule has 0 saturated heterocycles. The van der Waals surface area contributed by atoms with Gasteiger partial charge in [-0.05, 0) is 60.7 Å². The lowest BCUT2D eigenvalue weighted by molar-refractivity contribution is 0.0950. The second kappa shape index (κ2) is 7.83. The van der Waals surface area contributed by atoms with E-state index in [-0.39, 0.29) is 10.9 Å². The molecule has 7 heteroatoms. The number of benzene rings is 2. The molecule has 3 aromatic rings. The van der Waals surface area contributed by atoms with E-state index in [9.17, 15) is 4.79 Å². The van der Waals surface area contributed by atoms with Crippen molar-refractivity contribution in [3.63, 3.8) is 0 Å². The number of thiocarbonyl (C=S) groups is 1. The third-order valence-electron chi connectivity index (χ3n) is 3.28. The normalized spacial score (nSPS) is 10.1. The van der Waals surface area contributed by atoms with E-state index in [4.69, 9.17) is 28.2 Å². The second-order valence-electron chi connectivity index (χ2n) is 5.07. The van der Waals surface area contributed by atoms with Gasteiger partial charge in [-0.15, -0.1) is 0 Å². The Morgan fingerprint density at radius 2 is 1.68 bits per heavy atom. The lowest BCUT2D eigenvalue weighted by Gasteiger charge is -2.10. The zero-order chi connectivity index (χ0) is 17.6. The number of carbonyl (C=O) groups is 1. The van der Waals surface area contributed by atoms with Crippen LogP contribution in [-0.4, -0.2) is 11.0 Å². The third-order valence-corrected chi connectivity index (χ3v) is 3.74. The highest BCUT2D eigenvalue weighted by molar-refractivity contribution is 7.80. The van der Waals surface area contributed by atoms with Gasteiger partial charge in [0.1, 0.15) is 5.76 Å². The minimum Gasteiger partial charge on any atom is -0.451 e. The molecule has 25 heavy (non-hydrogen) atoms. The van der Waals surface area contributed by atoms with Crippen molar-refractivity contribution in [3.05, 3.63) is 77.5 Å². The number of rotatable bonds is 4. The average molecular weight is 372 g/mol. The van der Waals surface area contributed by atoms with Gasteiger partial charge in [0.15, 0.2) is 10.9 Å². The molecule has 0 spiro atoms. The molecule has 1 aromatic heterocycles. The third kappa shape index (κ3) is 4.59. The first-order valence-electron chi connectivity index (χ1n) is 7.40. The van der Waals surface area contributed by atoms with Crippen molar-refractivity contribution in [2.24, 2.45) is 0 Å². The van der Waals surface area contributed by atoms with E-state index < -0.39 is 5.91 Å². The zero-order valence-corrected chi connectivity index (χ0v) is 14.5. The monoisotopic (exact) mass is 371 g/mol. The summed E-state index contributed by atoms with van der Waals surface area (Å²) in [5, 5.41) is 3.32. The van der Waals surface area contributed by atoms with Gasteiger partial charge in [-0.1, -0.05) is 29.8 Å². The Labute approximate surface area is 155 Å². The predicted octanol–water partition coefficient (Wildman–Crippen LogP) is 4.23. The number of hydrogen-bond donors (Lipinski definition) is 3. The Bertz CT molecular complexity index is 879. The molecule has 0 fully saturated rings. The second-order valence-corrected chi connectivity index (χ2v) is 5.91. The maximum absolute atomic E-state index is 12.2. The highest BCUT2D eigenvalue weighted by Gasteiger charge is 2.13. The number of amides is 1. The van der Waals surface area contributed by atoms with Crippen molar-refractivity contribution in [1.82, 2.24) is 10.7 Å². The van der Waals surface area contributed by atoms with Crippen LogP contribution >= 0.6 is 23.8 Å². The molecule has 3 rings (SSSR count). The first-order valence-corrected chi connectivity index (χ1v) is 8.18. The molecule has 2 aromatic carbocycles. The number of para-hydroxylation sites is 1. The maximum atomic E-state index is 12.2. The van der Waals surface area contributed by atoms with Gasteiger partial charge in [0.05, 0.1) is 5.69 Å². The average Bonchev–Trinajstić information content (AvgIpc) is 3.12. The van der Waals surface area contributed by atoms with Gasteiger partial charge in [-0.2, -0.15) is 0 Å². The van der Waals surface area contributed by atoms with Crippen molar-refractivity contribution in [3.8, 4) is 11.3 Å². The van der Waals surface area contributed by atoms with Crippen LogP contribution in [-0.2, 0) is 0 Å². The molecule has 0 radical (unpaired) electrons. The number of carbonyl (C=O) groups excluding carboxylic acids is 1. The lowest BCUT2D eigenvalue weighted by atomic mass is 10.2. The molecule has 0 bridgehead atoms. The van der Waals surface area contributed by atoms with Crippen LogP contribution in [0.3, 0.4) is 0 Å². The SMILES string of the molecule is O=C(NC(=S)NNc1ccccc1)c1ccc(-c2ccc(Cl)cc2)o1. The standard InChI is InChI=1S/C18H14ClN3O2S/c19-13-8-6-12(7-9-13)15-10-11-16(24-15)17(23)20-18(25)22-21-14-4-2-1-3-5-14/h1-11,21H,(H2,20,22,23,25). The van der Waals surface area contributed by atoms with E-state index >= 15 is 0 Å². The van der Waals surface area contributed by atoms with Gasteiger partial charge in [-0.3, -0.25) is 21.0 Å². The summed E-state index contributed by atoms with van der Waals surface area (Å²) in [7, 11) is 0. The molecule has 3 N–H and O–H groups in total. The van der Waals surface area contributed by atoms with E-state index in [0.29, 0.717) is 10.8 Å². The molecule has 1 heterocycles. The zero-order valence-electron chi connectivity index (χ0n) is 13.0. The van der Waals surface area contributed by atoms with Crippen molar-refractivity contribution in [2.45, 2.75) is 0 Å². The maximum Gasteiger partial charge on any atom is 0.293 e. The van der Waals surface area contributed by atoms with Gasteiger partial charge in [0.2, 0.25) is 0 Å². The van der Waals surface area contributed by atoms with Crippen molar-refractivity contribution in [2.75, 3.05) is 5.43 Å². The summed E-state index contributed by atoms with van der Waals surface area (Å²) in [6.45, 7) is 0. The molecule has 0 unspecified atom stereocenters. The Kier molecular flexibility index (Phi) is 5.33. The molecular weight excluding hydrogens is 358 g/mol. The Morgan fingerprint density at radius 1 is 0.960 bits per heavy atom. The fraction of sp³-hybridized carbons (Fsp3) is 0. The topological polar surface area (TPSA) is 66.3 Å². The quantitative estimate of drug-likeness (QED) is 0.473. The first kappa shape index (κ1) is 17.0. The first-order chi connectivity index (χ1) is 12.1. The summed E-state index contributed by atoms with van der Waals surface area (Å²) >= 11 is 10.9. The Hall–Kier alpha value is -2.83. The van der Waals surface area contributed by atoms with Crippen LogP contribution in [0.15, 0.2) is 71.1 Å². The summed E-state index contributed by atoms with van der Waals surface area (Å²) in [5.74, 6) is 0.296. The van der Waals surface area contributed by atoms with Crippen LogP contribution in [0.2, 0.25) is 5.02 Å². The van der Waals surface area contributed by atoms with E-state index in [0.717, 1.165) is 11.3 Å². The molecule has 0 aliphatic rings. The smallest absolute Gasteiger partial charge is 0.293 e. The van der Waals surface area contributed by atoms with Crippen molar-refractivity contribution < 1.29 is 9.21 Å². The van der Waals surface area contributed by atoms with E-state index in [1.54, 1.807) is 24.3 Å². The van der Waals surface area contributed by atoms with E-state index in [2.05, 4.69) is 16.2 Å². The number of furan rings is 1. The number of halogens is 1. The van der Waals surface area contributed by atoms with Crippen LogP contribution in [0.25, 0.3) is 11.3 Å². The van der Waals surface area contributed by atoms with Gasteiger partial charge < -0.3 is 4.42 Å². The summed E-state index contributed by atoms with van der Waals surface area (Å²) in [6.07, 6.45) is 0. The van der Waals surface area contributed by atoms with Crippen LogP contribution in [0, 0.1) is 0 Å². The summed E-state index contributed by atoms with van der Waals surface area (Å²) in [4.78, 5) is 12.2. The number of nitrogens with one attached hydrogen (secondary N) is 3. The molecule has 5 nitrogen and oxygen atoms in total. The predicted molar refractivity (Wildman–Crippen MR) is 102 cm³/mol. The van der Waals surface area contributed by atoms with Crippen LogP contribution < -0.4 is 16.2 Å². The summed E-state index contributed by atoms with van der Waals surface area (Å²) in [6, 6.07) is 19.9. The Morgan fingerprint density at radius 3 is 2.40 bits per heavy atom. The summed E-state index contributed by atoms with van der Waals surface area (Å²) < 4.78 is 5.57. The minimum absolute atomic E-state index is 0.137. The number of anilines is 1. The molecule has 126 valence electrons. The van der Waals surface area contributed by atoms with Gasteiger partial charge in [-0.25, -0.2) is 0 Å². The Balaban J connectivity index is 1.58.